The number of aryl methyl sites for hydroxylation is 2. The van der Waals surface area contributed by atoms with Gasteiger partial charge in [-0.05, 0) is 43.4 Å². The first kappa shape index (κ1) is 23.6. The number of amides is 1. The lowest BCUT2D eigenvalue weighted by molar-refractivity contribution is 0.0912. The Morgan fingerprint density at radius 3 is 2.56 bits per heavy atom. The number of aromatic nitrogens is 3. The number of fused-ring (bicyclic) bond motifs is 4. The number of carbonyl (C=O) groups excluding carboxylic acids is 1. The first-order valence-electron chi connectivity index (χ1n) is 11.0. The topological polar surface area (TPSA) is 123 Å². The van der Waals surface area contributed by atoms with Gasteiger partial charge in [0.15, 0.2) is 0 Å². The first-order valence-corrected chi connectivity index (χ1v) is 12.5. The number of nitrogens with one attached hydrogen (secondary N) is 2. The van der Waals surface area contributed by atoms with Gasteiger partial charge in [-0.2, -0.15) is 4.98 Å². The Labute approximate surface area is 199 Å². The fraction of sp³-hybridized carbons (Fsp3) is 0.333. The van der Waals surface area contributed by atoms with Crippen LogP contribution in [0.5, 0.6) is 5.88 Å². The second-order valence-corrected chi connectivity index (χ2v) is 10.5. The third kappa shape index (κ3) is 5.17. The normalized spacial score (nSPS) is 17.4. The number of hydrogen-bond acceptors (Lipinski definition) is 7. The maximum Gasteiger partial charge on any atom is 0.265 e. The molecule has 2 aromatic heterocycles. The zero-order valence-electron chi connectivity index (χ0n) is 19.5. The molecule has 10 heteroatoms. The van der Waals surface area contributed by atoms with Gasteiger partial charge in [-0.25, -0.2) is 18.1 Å². The van der Waals surface area contributed by atoms with Gasteiger partial charge in [0.25, 0.3) is 15.9 Å². The smallest absolute Gasteiger partial charge is 0.265 e. The number of anilines is 1. The molecule has 0 spiro atoms. The number of hydrogen-bond donors (Lipinski definition) is 2. The number of rotatable bonds is 3. The number of benzene rings is 1. The second-order valence-electron chi connectivity index (χ2n) is 8.81. The van der Waals surface area contributed by atoms with E-state index in [2.05, 4.69) is 25.0 Å². The van der Waals surface area contributed by atoms with Gasteiger partial charge in [-0.15, -0.1) is 0 Å². The Morgan fingerprint density at radius 2 is 1.85 bits per heavy atom. The summed E-state index contributed by atoms with van der Waals surface area (Å²) in [7, 11) is -4.11. The van der Waals surface area contributed by atoms with E-state index in [0.29, 0.717) is 18.0 Å². The highest BCUT2D eigenvalue weighted by Crippen LogP contribution is 2.29. The molecule has 9 nitrogen and oxygen atoms in total. The van der Waals surface area contributed by atoms with Crippen LogP contribution in [-0.2, 0) is 10.0 Å². The Bertz CT molecular complexity index is 1320. The van der Waals surface area contributed by atoms with E-state index < -0.39 is 15.9 Å². The van der Waals surface area contributed by atoms with Crippen molar-refractivity contribution in [3.63, 3.8) is 0 Å². The molecule has 1 atom stereocenters. The molecule has 1 amide bonds. The van der Waals surface area contributed by atoms with Crippen LogP contribution in [0.2, 0.25) is 0 Å². The van der Waals surface area contributed by atoms with E-state index >= 15 is 0 Å². The van der Waals surface area contributed by atoms with Gasteiger partial charge in [-0.1, -0.05) is 32.0 Å². The molecule has 2 N–H and O–H groups in total. The van der Waals surface area contributed by atoms with Gasteiger partial charge in [0.1, 0.15) is 11.5 Å². The minimum atomic E-state index is -4.11. The molecule has 1 aromatic carbocycles. The fourth-order valence-electron chi connectivity index (χ4n) is 3.95. The van der Waals surface area contributed by atoms with E-state index in [1.54, 1.807) is 6.07 Å². The van der Waals surface area contributed by atoms with Gasteiger partial charge in [-0.3, -0.25) is 9.78 Å². The van der Waals surface area contributed by atoms with Crippen molar-refractivity contribution in [1.29, 1.82) is 0 Å². The lowest BCUT2D eigenvalue weighted by atomic mass is 10.00. The third-order valence-electron chi connectivity index (χ3n) is 5.47. The summed E-state index contributed by atoms with van der Waals surface area (Å²) in [5, 5.41) is 2.93. The van der Waals surface area contributed by atoms with Crippen LogP contribution in [-0.4, -0.2) is 41.9 Å². The molecule has 4 rings (SSSR count). The van der Waals surface area contributed by atoms with Crippen molar-refractivity contribution in [3.8, 4) is 17.1 Å². The number of sulfonamides is 1. The maximum atomic E-state index is 13.1. The van der Waals surface area contributed by atoms with E-state index in [0.717, 1.165) is 16.7 Å². The first-order chi connectivity index (χ1) is 16.1. The molecule has 34 heavy (non-hydrogen) atoms. The summed E-state index contributed by atoms with van der Waals surface area (Å²) in [6, 6.07) is 8.52. The lowest BCUT2D eigenvalue weighted by Crippen LogP contribution is -2.40. The van der Waals surface area contributed by atoms with E-state index in [1.807, 2.05) is 45.9 Å². The molecule has 0 radical (unpaired) electrons. The highest BCUT2D eigenvalue weighted by Gasteiger charge is 2.23. The van der Waals surface area contributed by atoms with Crippen LogP contribution < -0.4 is 14.8 Å². The molecule has 178 valence electrons. The molecule has 1 aliphatic heterocycles. The van der Waals surface area contributed by atoms with Gasteiger partial charge in [0, 0.05) is 24.0 Å². The second kappa shape index (κ2) is 9.38. The van der Waals surface area contributed by atoms with Crippen molar-refractivity contribution >= 4 is 21.9 Å². The summed E-state index contributed by atoms with van der Waals surface area (Å²) < 4.78 is 34.5. The van der Waals surface area contributed by atoms with E-state index in [9.17, 15) is 13.2 Å². The predicted octanol–water partition coefficient (Wildman–Crippen LogP) is 3.49. The largest absolute Gasteiger partial charge is 0.475 e. The highest BCUT2D eigenvalue weighted by molar-refractivity contribution is 7.92. The average molecular weight is 482 g/mol. The van der Waals surface area contributed by atoms with Crippen LogP contribution >= 0.6 is 0 Å². The fourth-order valence-corrected chi connectivity index (χ4v) is 4.88. The summed E-state index contributed by atoms with van der Waals surface area (Å²) in [6.45, 7) is 8.18. The SMILES string of the molecule is Cc1cccc(C)c1-c1cc2nc(n1)NS(=O)(=O)c1cncc(c1)C(=O)N[C@H](CC(C)C)CO2. The quantitative estimate of drug-likeness (QED) is 0.587. The van der Waals surface area contributed by atoms with Crippen molar-refractivity contribution in [2.45, 2.75) is 45.1 Å². The monoisotopic (exact) mass is 481 g/mol. The molecular weight excluding hydrogens is 454 g/mol. The van der Waals surface area contributed by atoms with Crippen LogP contribution in [0.3, 0.4) is 0 Å². The van der Waals surface area contributed by atoms with Crippen LogP contribution in [0.15, 0.2) is 47.6 Å². The van der Waals surface area contributed by atoms with Crippen molar-refractivity contribution in [2.24, 2.45) is 5.92 Å². The Hall–Kier alpha value is -3.53. The van der Waals surface area contributed by atoms with Crippen LogP contribution in [0.1, 0.15) is 41.8 Å². The van der Waals surface area contributed by atoms with Gasteiger partial charge in [0.2, 0.25) is 11.8 Å². The average Bonchev–Trinajstić information content (AvgIpc) is 2.76. The zero-order valence-corrected chi connectivity index (χ0v) is 20.3. The van der Waals surface area contributed by atoms with Crippen molar-refractivity contribution in [3.05, 3.63) is 59.4 Å². The van der Waals surface area contributed by atoms with E-state index in [4.69, 9.17) is 4.74 Å². The molecule has 3 heterocycles. The molecular formula is C24H27N5O4S. The van der Waals surface area contributed by atoms with E-state index in [-0.39, 0.29) is 34.9 Å². The van der Waals surface area contributed by atoms with Crippen LogP contribution in [0.25, 0.3) is 11.3 Å². The number of nitrogens with zero attached hydrogens (tertiary/aromatic N) is 3. The van der Waals surface area contributed by atoms with Crippen molar-refractivity contribution < 1.29 is 17.9 Å². The van der Waals surface area contributed by atoms with Crippen molar-refractivity contribution in [2.75, 3.05) is 11.3 Å². The van der Waals surface area contributed by atoms with Crippen molar-refractivity contribution in [1.82, 2.24) is 20.3 Å². The highest BCUT2D eigenvalue weighted by atomic mass is 32.2. The zero-order chi connectivity index (χ0) is 24.5. The standard InChI is InChI=1S/C24H27N5O4S/c1-14(2)8-18-13-33-21-10-20(22-15(3)6-5-7-16(22)4)27-24(28-21)29-34(31,32)19-9-17(11-25-12-19)23(30)26-18/h5-7,9-12,14,18H,8,13H2,1-4H3,(H,26,30)(H,27,28,29)/t18-/m1/s1. The Morgan fingerprint density at radius 1 is 1.12 bits per heavy atom. The minimum absolute atomic E-state index is 0.125. The number of ether oxygens (including phenoxy) is 1. The maximum absolute atomic E-state index is 13.1. The molecule has 0 saturated carbocycles. The van der Waals surface area contributed by atoms with Gasteiger partial charge in [0.05, 0.1) is 17.3 Å². The summed E-state index contributed by atoms with van der Waals surface area (Å²) in [5.41, 5.74) is 3.51. The minimum Gasteiger partial charge on any atom is -0.475 e. The molecule has 0 fully saturated rings. The predicted molar refractivity (Wildman–Crippen MR) is 128 cm³/mol. The molecule has 0 aliphatic carbocycles. The molecule has 0 saturated heterocycles. The Balaban J connectivity index is 1.85. The van der Waals surface area contributed by atoms with E-state index in [1.165, 1.54) is 18.5 Å². The third-order valence-corrected chi connectivity index (χ3v) is 6.77. The molecule has 4 bridgehead atoms. The summed E-state index contributed by atoms with van der Waals surface area (Å²) >= 11 is 0. The number of carbonyl (C=O) groups is 1. The molecule has 0 unspecified atom stereocenters. The summed E-state index contributed by atoms with van der Waals surface area (Å²) in [6.07, 6.45) is 3.17. The molecule has 3 aromatic rings. The van der Waals surface area contributed by atoms with Gasteiger partial charge >= 0.3 is 0 Å². The summed E-state index contributed by atoms with van der Waals surface area (Å²) in [4.78, 5) is 25.4. The van der Waals surface area contributed by atoms with Crippen LogP contribution in [0, 0.1) is 19.8 Å². The molecule has 1 aliphatic rings. The lowest BCUT2D eigenvalue weighted by Gasteiger charge is -2.21. The number of pyridine rings is 1. The van der Waals surface area contributed by atoms with Gasteiger partial charge < -0.3 is 10.1 Å². The van der Waals surface area contributed by atoms with Crippen LogP contribution in [0.4, 0.5) is 5.95 Å². The Kier molecular flexibility index (Phi) is 6.52. The summed E-state index contributed by atoms with van der Waals surface area (Å²) in [5.74, 6) is -0.0498.